The van der Waals surface area contributed by atoms with Gasteiger partial charge < -0.3 is 0 Å². The van der Waals surface area contributed by atoms with Crippen molar-refractivity contribution in [2.24, 2.45) is 0 Å². The number of anilines is 6. The van der Waals surface area contributed by atoms with Crippen LogP contribution in [0.2, 0.25) is 0 Å². The fraction of sp³-hybridized carbons (Fsp3) is 0.130. The minimum absolute atomic E-state index is 0.158. The maximum absolute atomic E-state index is 4.70. The molecule has 0 amide bonds. The van der Waals surface area contributed by atoms with Gasteiger partial charge in [-0.25, -0.2) is 9.97 Å². The van der Waals surface area contributed by atoms with Crippen molar-refractivity contribution in [1.29, 1.82) is 0 Å². The Bertz CT molecular complexity index is 3580. The summed E-state index contributed by atoms with van der Waals surface area (Å²) in [4.78, 5) is 22.6. The Balaban J connectivity index is 0.731. The van der Waals surface area contributed by atoms with Crippen LogP contribution in [0.1, 0.15) is 97.2 Å². The summed E-state index contributed by atoms with van der Waals surface area (Å²) >= 11 is 0. The first-order valence-electron chi connectivity index (χ1n) is 25.9. The molecule has 3 aliphatic carbocycles. The smallest absolute Gasteiger partial charge is 0.156 e. The quantitative estimate of drug-likeness (QED) is 0.127. The standard InChI is InChI=1S/C69H56N6/c1-67(2)59-37-45(17-19-47-23-29-55-57-31-25-51(41-63(57)68(3,4)61(55)39-47)74(49-13-9-7-10-14-49)65-43-70-33-35-72-65)21-27-53(59)54-28-22-46(38-60(54)67)18-20-48-24-30-56-58-32-26-52(42-64(58)69(5,6)62(56)40-48)75(50-15-11-8-12-16-50)66-44-71-34-36-73-66/h7-44H,1-6H3/b19-17+,20-18+. The minimum Gasteiger partial charge on any atom is -0.294 e. The topological polar surface area (TPSA) is 58.0 Å². The molecule has 3 aliphatic rings. The fourth-order valence-electron chi connectivity index (χ4n) is 12.1. The first-order valence-corrected chi connectivity index (χ1v) is 25.9. The third kappa shape index (κ3) is 7.70. The van der Waals surface area contributed by atoms with Crippen LogP contribution in [0, 0.1) is 0 Å². The van der Waals surface area contributed by atoms with Gasteiger partial charge in [0.15, 0.2) is 11.6 Å². The summed E-state index contributed by atoms with van der Waals surface area (Å²) in [6.45, 7) is 14.1. The maximum atomic E-state index is 4.70. The molecule has 0 bridgehead atoms. The number of rotatable bonds is 10. The third-order valence-electron chi connectivity index (χ3n) is 16.1. The Hall–Kier alpha value is -9.00. The lowest BCUT2D eigenvalue weighted by Crippen LogP contribution is -2.17. The van der Waals surface area contributed by atoms with E-state index < -0.39 is 0 Å². The number of hydrogen-bond acceptors (Lipinski definition) is 6. The second-order valence-corrected chi connectivity index (χ2v) is 21.7. The summed E-state index contributed by atoms with van der Waals surface area (Å²) in [5.74, 6) is 1.57. The lowest BCUT2D eigenvalue weighted by molar-refractivity contribution is 0.660. The molecule has 13 rings (SSSR count). The van der Waals surface area contributed by atoms with E-state index >= 15 is 0 Å². The van der Waals surface area contributed by atoms with Crippen LogP contribution in [0.15, 0.2) is 207 Å². The van der Waals surface area contributed by atoms with Gasteiger partial charge in [0.2, 0.25) is 0 Å². The van der Waals surface area contributed by atoms with Gasteiger partial charge in [-0.15, -0.1) is 0 Å². The van der Waals surface area contributed by atoms with E-state index in [0.29, 0.717) is 0 Å². The predicted octanol–water partition coefficient (Wildman–Crippen LogP) is 17.5. The Morgan fingerprint density at radius 2 is 0.600 bits per heavy atom. The summed E-state index contributed by atoms with van der Waals surface area (Å²) < 4.78 is 0. The van der Waals surface area contributed by atoms with Crippen molar-refractivity contribution >= 4 is 58.7 Å². The van der Waals surface area contributed by atoms with Gasteiger partial charge in [-0.3, -0.25) is 19.8 Å². The molecule has 75 heavy (non-hydrogen) atoms. The Labute approximate surface area is 440 Å². The van der Waals surface area contributed by atoms with Crippen molar-refractivity contribution in [1.82, 2.24) is 19.9 Å². The lowest BCUT2D eigenvalue weighted by Gasteiger charge is -2.27. The molecule has 362 valence electrons. The van der Waals surface area contributed by atoms with Gasteiger partial charge in [0, 0.05) is 63.8 Å². The van der Waals surface area contributed by atoms with Crippen LogP contribution >= 0.6 is 0 Å². The van der Waals surface area contributed by atoms with E-state index in [2.05, 4.69) is 243 Å². The summed E-state index contributed by atoms with van der Waals surface area (Å²) in [5.41, 5.74) is 24.2. The molecule has 0 N–H and O–H groups in total. The van der Waals surface area contributed by atoms with Crippen molar-refractivity contribution < 1.29 is 0 Å². The van der Waals surface area contributed by atoms with E-state index in [4.69, 9.17) is 9.97 Å². The number of nitrogens with zero attached hydrogens (tertiary/aromatic N) is 6. The molecule has 0 saturated heterocycles. The number of hydrogen-bond donors (Lipinski definition) is 0. The molecule has 6 nitrogen and oxygen atoms in total. The van der Waals surface area contributed by atoms with E-state index in [1.165, 1.54) is 89.0 Å². The summed E-state index contributed by atoms with van der Waals surface area (Å²) in [6, 6.07) is 62.3. The van der Waals surface area contributed by atoms with Crippen LogP contribution in [0.3, 0.4) is 0 Å². The number of para-hydroxylation sites is 2. The van der Waals surface area contributed by atoms with E-state index in [1.807, 2.05) is 24.5 Å². The van der Waals surface area contributed by atoms with Gasteiger partial charge >= 0.3 is 0 Å². The molecule has 0 radical (unpaired) electrons. The predicted molar refractivity (Wildman–Crippen MR) is 310 cm³/mol. The van der Waals surface area contributed by atoms with Crippen LogP contribution in [0.4, 0.5) is 34.4 Å². The van der Waals surface area contributed by atoms with E-state index in [9.17, 15) is 0 Å². The zero-order chi connectivity index (χ0) is 51.1. The molecule has 10 aromatic rings. The Kier molecular flexibility index (Phi) is 10.8. The molecular weight excluding hydrogens is 913 g/mol. The van der Waals surface area contributed by atoms with E-state index in [1.54, 1.807) is 24.8 Å². The molecule has 0 unspecified atom stereocenters. The highest BCUT2D eigenvalue weighted by atomic mass is 15.2. The minimum atomic E-state index is -0.200. The molecule has 0 spiro atoms. The summed E-state index contributed by atoms with van der Waals surface area (Å²) in [5, 5.41) is 0. The molecule has 0 saturated carbocycles. The van der Waals surface area contributed by atoms with E-state index in [0.717, 1.165) is 34.4 Å². The van der Waals surface area contributed by atoms with E-state index in [-0.39, 0.29) is 16.2 Å². The first kappa shape index (κ1) is 45.8. The first-order chi connectivity index (χ1) is 36.4. The SMILES string of the molecule is CC1(C)c2cc(/C=C/c3ccc4c(c3)C(C)(C)c3cc(N(c5ccccc5)c5cnccn5)ccc3-4)ccc2-c2ccc(/C=C/c3ccc4c(c3)C(C)(C)c3cc(N(c5ccccc5)c5cnccn5)ccc3-4)cc21. The van der Waals surface area contributed by atoms with Crippen LogP contribution in [0.5, 0.6) is 0 Å². The van der Waals surface area contributed by atoms with Gasteiger partial charge in [-0.2, -0.15) is 0 Å². The van der Waals surface area contributed by atoms with Gasteiger partial charge in [0.05, 0.1) is 12.4 Å². The Morgan fingerprint density at radius 1 is 0.307 bits per heavy atom. The molecule has 0 aliphatic heterocycles. The molecule has 6 heteroatoms. The zero-order valence-electron chi connectivity index (χ0n) is 43.1. The molecule has 2 aromatic heterocycles. The molecule has 0 fully saturated rings. The Morgan fingerprint density at radius 3 is 0.893 bits per heavy atom. The zero-order valence-corrected chi connectivity index (χ0v) is 43.1. The van der Waals surface area contributed by atoms with Crippen molar-refractivity contribution in [3.05, 3.63) is 263 Å². The lowest BCUT2D eigenvalue weighted by atomic mass is 9.81. The number of aromatic nitrogens is 4. The highest BCUT2D eigenvalue weighted by molar-refractivity contribution is 5.90. The van der Waals surface area contributed by atoms with Crippen LogP contribution < -0.4 is 9.80 Å². The molecule has 0 atom stereocenters. The van der Waals surface area contributed by atoms with Gasteiger partial charge in [0.25, 0.3) is 0 Å². The molecular formula is C69H56N6. The van der Waals surface area contributed by atoms with Crippen molar-refractivity contribution in [3.8, 4) is 33.4 Å². The molecule has 2 heterocycles. The fourth-order valence-corrected chi connectivity index (χ4v) is 12.1. The second kappa shape index (κ2) is 17.6. The van der Waals surface area contributed by atoms with Crippen LogP contribution in [-0.4, -0.2) is 19.9 Å². The van der Waals surface area contributed by atoms with Crippen LogP contribution in [-0.2, 0) is 16.2 Å². The highest BCUT2D eigenvalue weighted by Gasteiger charge is 2.39. The third-order valence-corrected chi connectivity index (χ3v) is 16.1. The number of benzene rings is 8. The monoisotopic (exact) mass is 968 g/mol. The van der Waals surface area contributed by atoms with Crippen molar-refractivity contribution in [2.45, 2.75) is 57.8 Å². The van der Waals surface area contributed by atoms with Crippen molar-refractivity contribution in [3.63, 3.8) is 0 Å². The van der Waals surface area contributed by atoms with Gasteiger partial charge in [-0.05, 0) is 138 Å². The van der Waals surface area contributed by atoms with Crippen LogP contribution in [0.25, 0.3) is 57.7 Å². The second-order valence-electron chi connectivity index (χ2n) is 21.7. The number of fused-ring (bicyclic) bond motifs is 9. The van der Waals surface area contributed by atoms with Gasteiger partial charge in [-0.1, -0.05) is 187 Å². The largest absolute Gasteiger partial charge is 0.294 e. The summed E-state index contributed by atoms with van der Waals surface area (Å²) in [6.07, 6.45) is 19.7. The molecule has 8 aromatic carbocycles. The maximum Gasteiger partial charge on any atom is 0.156 e. The highest BCUT2D eigenvalue weighted by Crippen LogP contribution is 2.54. The normalized spacial score (nSPS) is 14.7. The average Bonchev–Trinajstić information content (AvgIpc) is 4.05. The van der Waals surface area contributed by atoms with Gasteiger partial charge in [0.1, 0.15) is 0 Å². The summed E-state index contributed by atoms with van der Waals surface area (Å²) in [7, 11) is 0. The average molecular weight is 969 g/mol. The van der Waals surface area contributed by atoms with Crippen molar-refractivity contribution in [2.75, 3.05) is 9.80 Å².